The van der Waals surface area contributed by atoms with Gasteiger partial charge in [-0.3, -0.25) is 9.69 Å². The molecule has 5 heteroatoms. The van der Waals surface area contributed by atoms with Gasteiger partial charge in [0.2, 0.25) is 5.91 Å². The molecule has 1 aromatic carbocycles. The van der Waals surface area contributed by atoms with Crippen molar-refractivity contribution in [2.75, 3.05) is 6.54 Å². The lowest BCUT2D eigenvalue weighted by molar-refractivity contribution is -0.120. The molecule has 4 nitrogen and oxygen atoms in total. The summed E-state index contributed by atoms with van der Waals surface area (Å²) in [7, 11) is 0. The summed E-state index contributed by atoms with van der Waals surface area (Å²) in [5.74, 6) is -0.362. The van der Waals surface area contributed by atoms with E-state index < -0.39 is 0 Å². The minimum absolute atomic E-state index is 0.114. The van der Waals surface area contributed by atoms with Gasteiger partial charge < -0.3 is 11.5 Å². The Hall–Kier alpha value is -1.10. The van der Waals surface area contributed by atoms with Crippen molar-refractivity contribution in [1.29, 1.82) is 0 Å². The maximum absolute atomic E-state index is 11.4. The molecule has 1 rings (SSSR count). The van der Waals surface area contributed by atoms with Crippen molar-refractivity contribution >= 4 is 17.5 Å². The van der Waals surface area contributed by atoms with Gasteiger partial charge >= 0.3 is 0 Å². The van der Waals surface area contributed by atoms with Crippen LogP contribution in [0.15, 0.2) is 24.3 Å². The van der Waals surface area contributed by atoms with Crippen molar-refractivity contribution in [3.05, 3.63) is 34.9 Å². The monoisotopic (exact) mass is 297 g/mol. The molecule has 2 unspecified atom stereocenters. The maximum Gasteiger partial charge on any atom is 0.231 e. The minimum atomic E-state index is -0.362. The smallest absolute Gasteiger partial charge is 0.231 e. The summed E-state index contributed by atoms with van der Waals surface area (Å²) < 4.78 is 0. The largest absolute Gasteiger partial charge is 0.369 e. The van der Waals surface area contributed by atoms with E-state index in [0.29, 0.717) is 5.02 Å². The van der Waals surface area contributed by atoms with Crippen LogP contribution < -0.4 is 11.5 Å². The van der Waals surface area contributed by atoms with Gasteiger partial charge in [-0.1, -0.05) is 36.7 Å². The number of nitrogens with two attached hydrogens (primary N) is 2. The van der Waals surface area contributed by atoms with Crippen molar-refractivity contribution in [1.82, 2.24) is 4.90 Å². The summed E-state index contributed by atoms with van der Waals surface area (Å²) >= 11 is 6.31. The van der Waals surface area contributed by atoms with E-state index in [2.05, 4.69) is 0 Å². The number of hydrogen-bond acceptors (Lipinski definition) is 3. The van der Waals surface area contributed by atoms with E-state index in [1.165, 1.54) is 0 Å². The Morgan fingerprint density at radius 1 is 1.35 bits per heavy atom. The molecule has 0 fully saturated rings. The number of primary amides is 1. The topological polar surface area (TPSA) is 72.3 Å². The third-order valence-corrected chi connectivity index (χ3v) is 3.80. The molecule has 0 radical (unpaired) electrons. The number of amides is 1. The van der Waals surface area contributed by atoms with Crippen LogP contribution in [-0.2, 0) is 4.79 Å². The van der Waals surface area contributed by atoms with Crippen molar-refractivity contribution in [2.24, 2.45) is 11.5 Å². The first kappa shape index (κ1) is 17.0. The van der Waals surface area contributed by atoms with Gasteiger partial charge in [0.25, 0.3) is 0 Å². The predicted octanol–water partition coefficient (Wildman–Crippen LogP) is 2.31. The van der Waals surface area contributed by atoms with E-state index in [1.807, 2.05) is 49.9 Å². The molecule has 4 N–H and O–H groups in total. The number of nitrogens with zero attached hydrogens (tertiary/aromatic N) is 1. The van der Waals surface area contributed by atoms with Crippen LogP contribution in [0.4, 0.5) is 0 Å². The van der Waals surface area contributed by atoms with E-state index in [-0.39, 0.29) is 30.6 Å². The molecule has 0 saturated heterocycles. The van der Waals surface area contributed by atoms with Crippen LogP contribution in [0.1, 0.15) is 38.8 Å². The van der Waals surface area contributed by atoms with E-state index in [9.17, 15) is 4.79 Å². The molecule has 0 aliphatic heterocycles. The van der Waals surface area contributed by atoms with E-state index in [4.69, 9.17) is 23.1 Å². The first-order valence-corrected chi connectivity index (χ1v) is 7.30. The van der Waals surface area contributed by atoms with Crippen LogP contribution in [0, 0.1) is 0 Å². The fourth-order valence-corrected chi connectivity index (χ4v) is 2.62. The molecular formula is C15H24ClN3O. The Kier molecular flexibility index (Phi) is 6.46. The van der Waals surface area contributed by atoms with Crippen molar-refractivity contribution < 1.29 is 4.79 Å². The number of benzene rings is 1. The highest BCUT2D eigenvalue weighted by Crippen LogP contribution is 2.31. The van der Waals surface area contributed by atoms with Crippen LogP contribution in [-0.4, -0.2) is 29.4 Å². The Balaban J connectivity index is 3.23. The lowest BCUT2D eigenvalue weighted by Crippen LogP contribution is -2.47. The summed E-state index contributed by atoms with van der Waals surface area (Å²) in [6.07, 6.45) is 0.790. The average Bonchev–Trinajstić information content (AvgIpc) is 2.39. The first-order chi connectivity index (χ1) is 9.38. The zero-order valence-electron chi connectivity index (χ0n) is 12.3. The first-order valence-electron chi connectivity index (χ1n) is 6.92. The van der Waals surface area contributed by atoms with Crippen molar-refractivity contribution in [3.8, 4) is 0 Å². The normalized spacial score (nSPS) is 14.6. The van der Waals surface area contributed by atoms with Crippen LogP contribution in [0.3, 0.4) is 0 Å². The third-order valence-electron chi connectivity index (χ3n) is 3.46. The molecule has 2 atom stereocenters. The van der Waals surface area contributed by atoms with Crippen molar-refractivity contribution in [3.63, 3.8) is 0 Å². The molecule has 1 amide bonds. The molecule has 0 aliphatic carbocycles. The van der Waals surface area contributed by atoms with Gasteiger partial charge in [0.05, 0.1) is 12.6 Å². The number of carbonyl (C=O) groups excluding carboxylic acids is 1. The second kappa shape index (κ2) is 7.62. The number of carbonyl (C=O) groups is 1. The third kappa shape index (κ3) is 4.20. The highest BCUT2D eigenvalue weighted by Gasteiger charge is 2.30. The zero-order chi connectivity index (χ0) is 15.3. The standard InChI is InChI=1S/C15H24ClN3O/c1-4-13(17)15(11-7-5-6-8-12(11)16)19(10(2)3)9-14(18)20/h5-8,10,13,15H,4,9,17H2,1-3H3,(H2,18,20). The van der Waals surface area contributed by atoms with Gasteiger partial charge in [-0.2, -0.15) is 0 Å². The van der Waals surface area contributed by atoms with E-state index in [0.717, 1.165) is 12.0 Å². The Morgan fingerprint density at radius 3 is 2.40 bits per heavy atom. The molecule has 112 valence electrons. The molecule has 0 aliphatic rings. The van der Waals surface area contributed by atoms with Crippen LogP contribution in [0.25, 0.3) is 0 Å². The second-order valence-electron chi connectivity index (χ2n) is 5.27. The lowest BCUT2D eigenvalue weighted by Gasteiger charge is -2.38. The summed E-state index contributed by atoms with van der Waals surface area (Å²) in [6, 6.07) is 7.51. The number of rotatable bonds is 7. The fraction of sp³-hybridized carbons (Fsp3) is 0.533. The fourth-order valence-electron chi connectivity index (χ4n) is 2.38. The van der Waals surface area contributed by atoms with Gasteiger partial charge in [0, 0.05) is 17.1 Å². The Bertz CT molecular complexity index is 450. The van der Waals surface area contributed by atoms with E-state index >= 15 is 0 Å². The Labute approximate surface area is 126 Å². The van der Waals surface area contributed by atoms with Gasteiger partial charge in [-0.25, -0.2) is 0 Å². The van der Waals surface area contributed by atoms with Gasteiger partial charge in [-0.05, 0) is 31.9 Å². The maximum atomic E-state index is 11.4. The van der Waals surface area contributed by atoms with Gasteiger partial charge in [0.15, 0.2) is 0 Å². The summed E-state index contributed by atoms with van der Waals surface area (Å²) in [4.78, 5) is 13.4. The molecular weight excluding hydrogens is 274 g/mol. The molecule has 0 aromatic heterocycles. The number of hydrogen-bond donors (Lipinski definition) is 2. The van der Waals surface area contributed by atoms with Crippen LogP contribution in [0.5, 0.6) is 0 Å². The summed E-state index contributed by atoms with van der Waals surface area (Å²) in [6.45, 7) is 6.24. The van der Waals surface area contributed by atoms with Gasteiger partial charge in [-0.15, -0.1) is 0 Å². The highest BCUT2D eigenvalue weighted by molar-refractivity contribution is 6.31. The summed E-state index contributed by atoms with van der Waals surface area (Å²) in [5.41, 5.74) is 12.6. The quantitative estimate of drug-likeness (QED) is 0.811. The molecule has 0 saturated carbocycles. The van der Waals surface area contributed by atoms with Gasteiger partial charge in [0.1, 0.15) is 0 Å². The molecule has 20 heavy (non-hydrogen) atoms. The minimum Gasteiger partial charge on any atom is -0.369 e. The predicted molar refractivity (Wildman–Crippen MR) is 83.5 cm³/mol. The lowest BCUT2D eigenvalue weighted by atomic mass is 9.95. The zero-order valence-corrected chi connectivity index (χ0v) is 13.1. The molecule has 1 aromatic rings. The SMILES string of the molecule is CCC(N)C(c1ccccc1Cl)N(CC(N)=O)C(C)C. The number of halogens is 1. The average molecular weight is 298 g/mol. The molecule has 0 bridgehead atoms. The summed E-state index contributed by atoms with van der Waals surface area (Å²) in [5, 5.41) is 0.663. The van der Waals surface area contributed by atoms with E-state index in [1.54, 1.807) is 0 Å². The molecule has 0 heterocycles. The van der Waals surface area contributed by atoms with Crippen molar-refractivity contribution in [2.45, 2.75) is 45.3 Å². The van der Waals surface area contributed by atoms with Crippen LogP contribution >= 0.6 is 11.6 Å². The Morgan fingerprint density at radius 2 is 1.95 bits per heavy atom. The molecule has 0 spiro atoms. The highest BCUT2D eigenvalue weighted by atomic mass is 35.5. The van der Waals surface area contributed by atoms with Crippen LogP contribution in [0.2, 0.25) is 5.02 Å². The second-order valence-corrected chi connectivity index (χ2v) is 5.68.